The van der Waals surface area contributed by atoms with Gasteiger partial charge in [0.05, 0.1) is 6.61 Å². The highest BCUT2D eigenvalue weighted by Gasteiger charge is 2.11. The van der Waals surface area contributed by atoms with Crippen LogP contribution in [0, 0.1) is 11.3 Å². The van der Waals surface area contributed by atoms with Gasteiger partial charge in [-0.2, -0.15) is 10.2 Å². The van der Waals surface area contributed by atoms with Crippen LogP contribution in [0.4, 0.5) is 5.82 Å². The van der Waals surface area contributed by atoms with Gasteiger partial charge in [-0.25, -0.2) is 4.79 Å². The average molecular weight is 268 g/mol. The molecule has 0 amide bonds. The van der Waals surface area contributed by atoms with E-state index in [-0.39, 0.29) is 5.69 Å². The monoisotopic (exact) mass is 268 g/mol. The minimum atomic E-state index is -0.533. The zero-order valence-corrected chi connectivity index (χ0v) is 10.6. The second-order valence-corrected chi connectivity index (χ2v) is 4.49. The van der Waals surface area contributed by atoms with Gasteiger partial charge in [0.2, 0.25) is 0 Å². The van der Waals surface area contributed by atoms with Crippen LogP contribution in [0.25, 0.3) is 0 Å². The van der Waals surface area contributed by atoms with Crippen LogP contribution in [0.3, 0.4) is 0 Å². The molecule has 2 heterocycles. The summed E-state index contributed by atoms with van der Waals surface area (Å²) in [5, 5.41) is 11.8. The summed E-state index contributed by atoms with van der Waals surface area (Å²) in [6, 6.07) is 9.39. The van der Waals surface area contributed by atoms with Crippen LogP contribution in [-0.4, -0.2) is 16.6 Å². The van der Waals surface area contributed by atoms with Crippen LogP contribution in [0.2, 0.25) is 0 Å². The van der Waals surface area contributed by atoms with E-state index in [1.807, 2.05) is 18.2 Å². The lowest BCUT2D eigenvalue weighted by molar-refractivity contribution is 0.357. The summed E-state index contributed by atoms with van der Waals surface area (Å²) in [5.74, 6) is 1.33. The molecule has 20 heavy (non-hydrogen) atoms. The molecule has 0 spiro atoms. The molecule has 0 saturated heterocycles. The van der Waals surface area contributed by atoms with Crippen molar-refractivity contribution in [2.75, 3.05) is 11.9 Å². The fourth-order valence-corrected chi connectivity index (χ4v) is 2.15. The lowest BCUT2D eigenvalue weighted by Crippen LogP contribution is -2.14. The summed E-state index contributed by atoms with van der Waals surface area (Å²) in [6.07, 6.45) is 0.922. The number of nitriles is 1. The van der Waals surface area contributed by atoms with Crippen molar-refractivity contribution in [1.82, 2.24) is 9.97 Å². The second-order valence-electron chi connectivity index (χ2n) is 4.49. The topological polar surface area (TPSA) is 90.8 Å². The van der Waals surface area contributed by atoms with Gasteiger partial charge in [-0.1, -0.05) is 12.1 Å². The zero-order valence-electron chi connectivity index (χ0n) is 10.6. The van der Waals surface area contributed by atoms with Crippen LogP contribution in [0.5, 0.6) is 5.75 Å². The van der Waals surface area contributed by atoms with E-state index in [0.717, 1.165) is 24.3 Å². The molecule has 0 radical (unpaired) electrons. The molecule has 0 atom stereocenters. The summed E-state index contributed by atoms with van der Waals surface area (Å²) in [7, 11) is 0. The Balaban J connectivity index is 1.75. The van der Waals surface area contributed by atoms with Gasteiger partial charge in [0.15, 0.2) is 0 Å². The van der Waals surface area contributed by atoms with Crippen molar-refractivity contribution in [2.24, 2.45) is 0 Å². The number of anilines is 1. The molecule has 6 nitrogen and oxygen atoms in total. The third-order valence-corrected chi connectivity index (χ3v) is 3.09. The minimum Gasteiger partial charge on any atom is -0.493 e. The third kappa shape index (κ3) is 2.47. The molecule has 3 rings (SSSR count). The maximum absolute atomic E-state index is 11.3. The first-order valence-corrected chi connectivity index (χ1v) is 6.24. The van der Waals surface area contributed by atoms with E-state index in [1.54, 1.807) is 0 Å². The summed E-state index contributed by atoms with van der Waals surface area (Å²) in [4.78, 5) is 17.4. The van der Waals surface area contributed by atoms with Crippen molar-refractivity contribution >= 4 is 5.82 Å². The number of aromatic nitrogens is 2. The predicted molar refractivity (Wildman–Crippen MR) is 72.5 cm³/mol. The van der Waals surface area contributed by atoms with Gasteiger partial charge < -0.3 is 10.1 Å². The van der Waals surface area contributed by atoms with Crippen LogP contribution < -0.4 is 15.7 Å². The Morgan fingerprint density at radius 1 is 1.45 bits per heavy atom. The van der Waals surface area contributed by atoms with E-state index in [4.69, 9.17) is 10.00 Å². The fraction of sp³-hybridized carbons (Fsp3) is 0.214. The van der Waals surface area contributed by atoms with Crippen LogP contribution in [-0.2, 0) is 13.0 Å². The highest BCUT2D eigenvalue weighted by Crippen LogP contribution is 2.26. The normalized spacial score (nSPS) is 12.3. The molecular weight excluding hydrogens is 256 g/mol. The molecule has 1 aliphatic heterocycles. The predicted octanol–water partition coefficient (Wildman–Crippen LogP) is 1.19. The van der Waals surface area contributed by atoms with Gasteiger partial charge >= 0.3 is 5.69 Å². The molecule has 1 aromatic heterocycles. The zero-order chi connectivity index (χ0) is 13.9. The van der Waals surface area contributed by atoms with Crippen LogP contribution >= 0.6 is 0 Å². The van der Waals surface area contributed by atoms with E-state index < -0.39 is 5.69 Å². The molecular formula is C14H12N4O2. The Morgan fingerprint density at radius 3 is 3.20 bits per heavy atom. The van der Waals surface area contributed by atoms with Crippen molar-refractivity contribution in [2.45, 2.75) is 13.0 Å². The summed E-state index contributed by atoms with van der Waals surface area (Å²) in [5.41, 5.74) is 1.93. The standard InChI is InChI=1S/C14H12N4O2/c15-7-11-6-13(18-14(19)17-11)16-8-9-1-2-12-10(5-9)3-4-20-12/h1-2,5-6H,3-4,8H2,(H2,16,17,18,19). The Morgan fingerprint density at radius 2 is 2.35 bits per heavy atom. The fourth-order valence-electron chi connectivity index (χ4n) is 2.15. The number of ether oxygens (including phenoxy) is 1. The smallest absolute Gasteiger partial charge is 0.347 e. The number of aromatic amines is 1. The highest BCUT2D eigenvalue weighted by molar-refractivity contribution is 5.43. The molecule has 0 unspecified atom stereocenters. The number of nitrogens with zero attached hydrogens (tertiary/aromatic N) is 2. The lowest BCUT2D eigenvalue weighted by Gasteiger charge is -2.07. The second kappa shape index (κ2) is 5.05. The average Bonchev–Trinajstić information content (AvgIpc) is 2.92. The molecule has 1 aliphatic rings. The first-order chi connectivity index (χ1) is 9.74. The molecule has 0 aliphatic carbocycles. The quantitative estimate of drug-likeness (QED) is 0.872. The van der Waals surface area contributed by atoms with Gasteiger partial charge in [-0.3, -0.25) is 4.98 Å². The number of benzene rings is 1. The van der Waals surface area contributed by atoms with Crippen molar-refractivity contribution in [3.8, 4) is 11.8 Å². The van der Waals surface area contributed by atoms with Gasteiger partial charge in [-0.15, -0.1) is 0 Å². The lowest BCUT2D eigenvalue weighted by atomic mass is 10.1. The minimum absolute atomic E-state index is 0.190. The Bertz CT molecular complexity index is 746. The largest absolute Gasteiger partial charge is 0.493 e. The first-order valence-electron chi connectivity index (χ1n) is 6.24. The molecule has 2 aromatic rings. The van der Waals surface area contributed by atoms with Crippen molar-refractivity contribution in [3.63, 3.8) is 0 Å². The van der Waals surface area contributed by atoms with E-state index >= 15 is 0 Å². The number of nitrogens with one attached hydrogen (secondary N) is 2. The maximum Gasteiger partial charge on any atom is 0.347 e. The molecule has 2 N–H and O–H groups in total. The maximum atomic E-state index is 11.3. The highest BCUT2D eigenvalue weighted by atomic mass is 16.5. The van der Waals surface area contributed by atoms with Gasteiger partial charge in [0.1, 0.15) is 23.3 Å². The Hall–Kier alpha value is -2.81. The van der Waals surface area contributed by atoms with Gasteiger partial charge in [0.25, 0.3) is 0 Å². The van der Waals surface area contributed by atoms with Gasteiger partial charge in [-0.05, 0) is 17.2 Å². The number of fused-ring (bicyclic) bond motifs is 1. The first kappa shape index (κ1) is 12.2. The van der Waals surface area contributed by atoms with Crippen LogP contribution in [0.1, 0.15) is 16.8 Å². The summed E-state index contributed by atoms with van der Waals surface area (Å²) < 4.78 is 5.45. The summed E-state index contributed by atoms with van der Waals surface area (Å²) in [6.45, 7) is 1.27. The van der Waals surface area contributed by atoms with E-state index in [2.05, 4.69) is 21.4 Å². The van der Waals surface area contributed by atoms with Crippen LogP contribution in [0.15, 0.2) is 29.1 Å². The van der Waals surface area contributed by atoms with E-state index in [0.29, 0.717) is 12.4 Å². The molecule has 1 aromatic carbocycles. The number of rotatable bonds is 3. The number of hydrogen-bond acceptors (Lipinski definition) is 5. The molecule has 0 bridgehead atoms. The third-order valence-electron chi connectivity index (χ3n) is 3.09. The molecule has 0 saturated carbocycles. The Labute approximate surface area is 115 Å². The van der Waals surface area contributed by atoms with E-state index in [9.17, 15) is 4.79 Å². The molecule has 100 valence electrons. The SMILES string of the molecule is N#Cc1cc(NCc2ccc3c(c2)CCO3)nc(=O)[nH]1. The van der Waals surface area contributed by atoms with E-state index in [1.165, 1.54) is 11.6 Å². The molecule has 0 fully saturated rings. The number of hydrogen-bond donors (Lipinski definition) is 2. The molecule has 6 heteroatoms. The van der Waals surface area contributed by atoms with Crippen molar-refractivity contribution < 1.29 is 4.74 Å². The van der Waals surface area contributed by atoms with Crippen molar-refractivity contribution in [1.29, 1.82) is 5.26 Å². The summed E-state index contributed by atoms with van der Waals surface area (Å²) >= 11 is 0. The number of H-pyrrole nitrogens is 1. The Kier molecular flexibility index (Phi) is 3.09. The van der Waals surface area contributed by atoms with Gasteiger partial charge in [0, 0.05) is 19.0 Å². The van der Waals surface area contributed by atoms with Crippen molar-refractivity contribution in [3.05, 3.63) is 51.6 Å².